The van der Waals surface area contributed by atoms with E-state index in [1.54, 1.807) is 46.0 Å². The summed E-state index contributed by atoms with van der Waals surface area (Å²) in [5.74, 6) is -0.548. The molecule has 4 heterocycles. The van der Waals surface area contributed by atoms with Crippen molar-refractivity contribution in [1.82, 2.24) is 29.7 Å². The molecule has 216 valence electrons. The fourth-order valence-corrected chi connectivity index (χ4v) is 5.82. The largest absolute Gasteiger partial charge is 0.416 e. The summed E-state index contributed by atoms with van der Waals surface area (Å²) in [4.78, 5) is 17.3. The smallest absolute Gasteiger partial charge is 0.366 e. The fourth-order valence-electron chi connectivity index (χ4n) is 5.82. The molecule has 2 fully saturated rings. The Morgan fingerprint density at radius 2 is 1.95 bits per heavy atom. The molecule has 2 aromatic carbocycles. The van der Waals surface area contributed by atoms with Gasteiger partial charge in [-0.3, -0.25) is 14.4 Å². The van der Waals surface area contributed by atoms with Crippen LogP contribution in [0.3, 0.4) is 0 Å². The first kappa shape index (κ1) is 27.5. The second-order valence-corrected chi connectivity index (χ2v) is 10.8. The van der Waals surface area contributed by atoms with Crippen LogP contribution in [0.4, 0.5) is 24.5 Å². The van der Waals surface area contributed by atoms with Gasteiger partial charge in [-0.2, -0.15) is 23.5 Å². The zero-order chi connectivity index (χ0) is 29.8. The number of carbonyl (C=O) groups is 1. The van der Waals surface area contributed by atoms with Gasteiger partial charge in [-0.25, -0.2) is 4.68 Å². The quantitative estimate of drug-likeness (QED) is 0.341. The third kappa shape index (κ3) is 4.98. The molecule has 2 aliphatic rings. The first-order valence-corrected chi connectivity index (χ1v) is 13.5. The summed E-state index contributed by atoms with van der Waals surface area (Å²) < 4.78 is 45.0. The molecule has 0 radical (unpaired) electrons. The topological polar surface area (TPSA) is 108 Å². The summed E-state index contributed by atoms with van der Waals surface area (Å²) in [6.07, 6.45) is -0.348. The Morgan fingerprint density at radius 1 is 1.14 bits per heavy atom. The predicted molar refractivity (Wildman–Crippen MR) is 149 cm³/mol. The Hall–Kier alpha value is -4.70. The number of rotatable bonds is 6. The monoisotopic (exact) mass is 575 g/mol. The Morgan fingerprint density at radius 3 is 2.62 bits per heavy atom. The SMILES string of the molecule is Cc1ccc(C(=O)Nc2cc(N3CC4CC3CN4CC#N)cc(C(F)(F)F)c2)cc1-n1cc(-c2cnn(C)c2C)nn1. The number of nitrogens with one attached hydrogen (secondary N) is 1. The van der Waals surface area contributed by atoms with Gasteiger partial charge in [0.1, 0.15) is 5.69 Å². The average molecular weight is 576 g/mol. The summed E-state index contributed by atoms with van der Waals surface area (Å²) in [6.45, 7) is 5.24. The number of piperazine rings is 1. The van der Waals surface area contributed by atoms with Crippen LogP contribution >= 0.6 is 0 Å². The number of nitriles is 1. The van der Waals surface area contributed by atoms with E-state index < -0.39 is 17.6 Å². The Bertz CT molecular complexity index is 1720. The van der Waals surface area contributed by atoms with Crippen molar-refractivity contribution in [3.63, 3.8) is 0 Å². The number of aryl methyl sites for hydroxylation is 2. The number of fused-ring (bicyclic) bond motifs is 2. The van der Waals surface area contributed by atoms with Crippen molar-refractivity contribution in [2.75, 3.05) is 29.9 Å². The van der Waals surface area contributed by atoms with Crippen LogP contribution in [-0.4, -0.2) is 67.3 Å². The van der Waals surface area contributed by atoms with Gasteiger partial charge < -0.3 is 10.2 Å². The van der Waals surface area contributed by atoms with Gasteiger partial charge in [0.05, 0.1) is 36.3 Å². The van der Waals surface area contributed by atoms with Gasteiger partial charge in [-0.1, -0.05) is 11.3 Å². The summed E-state index contributed by atoms with van der Waals surface area (Å²) >= 11 is 0. The number of carbonyl (C=O) groups excluding carboxylic acids is 1. The van der Waals surface area contributed by atoms with Crippen molar-refractivity contribution < 1.29 is 18.0 Å². The van der Waals surface area contributed by atoms with Gasteiger partial charge in [-0.05, 0) is 56.2 Å². The highest BCUT2D eigenvalue weighted by molar-refractivity contribution is 6.05. The first-order chi connectivity index (χ1) is 20.0. The molecule has 0 spiro atoms. The number of amides is 1. The molecule has 0 saturated carbocycles. The van der Waals surface area contributed by atoms with Crippen molar-refractivity contribution in [2.24, 2.45) is 7.05 Å². The van der Waals surface area contributed by atoms with Crippen LogP contribution in [0.25, 0.3) is 16.9 Å². The molecular weight excluding hydrogens is 547 g/mol. The lowest BCUT2D eigenvalue weighted by atomic mass is 10.1. The molecule has 2 atom stereocenters. The third-order valence-electron chi connectivity index (χ3n) is 8.19. The van der Waals surface area contributed by atoms with Crippen LogP contribution in [0.2, 0.25) is 0 Å². The van der Waals surface area contributed by atoms with Crippen LogP contribution in [0, 0.1) is 25.2 Å². The summed E-state index contributed by atoms with van der Waals surface area (Å²) in [7, 11) is 1.84. The van der Waals surface area contributed by atoms with Crippen molar-refractivity contribution in [1.29, 1.82) is 5.26 Å². The van der Waals surface area contributed by atoms with Gasteiger partial charge >= 0.3 is 6.18 Å². The lowest BCUT2D eigenvalue weighted by molar-refractivity contribution is -0.137. The van der Waals surface area contributed by atoms with E-state index in [1.165, 1.54) is 0 Å². The molecule has 1 amide bonds. The third-order valence-corrected chi connectivity index (χ3v) is 8.19. The van der Waals surface area contributed by atoms with Crippen LogP contribution in [0.1, 0.15) is 33.6 Å². The maximum absolute atomic E-state index is 13.9. The number of benzene rings is 2. The standard InChI is InChI=1S/C29H28F3N9O/c1-17-4-5-19(8-27(17)41-16-26(36-37-41)25-13-34-38(3)18(25)2)28(42)35-21-9-20(29(30,31)32)10-22(11-21)40-15-23-12-24(40)14-39(23)7-6-33/h4-5,8-11,13,16,23-24H,7,12,14-15H2,1-3H3,(H,35,42). The molecule has 2 aliphatic heterocycles. The number of hydrogen-bond donors (Lipinski definition) is 1. The van der Waals surface area contributed by atoms with Crippen LogP contribution < -0.4 is 10.2 Å². The van der Waals surface area contributed by atoms with Gasteiger partial charge in [0, 0.05) is 60.4 Å². The number of aromatic nitrogens is 5. The molecule has 2 saturated heterocycles. The number of nitrogens with zero attached hydrogens (tertiary/aromatic N) is 8. The number of hydrogen-bond acceptors (Lipinski definition) is 7. The second kappa shape index (κ2) is 10.3. The van der Waals surface area contributed by atoms with Crippen LogP contribution in [0.15, 0.2) is 48.8 Å². The van der Waals surface area contributed by atoms with E-state index in [4.69, 9.17) is 5.26 Å². The number of anilines is 2. The van der Waals surface area contributed by atoms with Gasteiger partial charge in [-0.15, -0.1) is 5.10 Å². The fraction of sp³-hybridized carbons (Fsp3) is 0.345. The lowest BCUT2D eigenvalue weighted by Gasteiger charge is -2.35. The van der Waals surface area contributed by atoms with Crippen molar-refractivity contribution >= 4 is 17.3 Å². The van der Waals surface area contributed by atoms with E-state index in [9.17, 15) is 18.0 Å². The summed E-state index contributed by atoms with van der Waals surface area (Å²) in [5, 5.41) is 24.5. The molecule has 2 aromatic heterocycles. The van der Waals surface area contributed by atoms with E-state index in [2.05, 4.69) is 31.7 Å². The van der Waals surface area contributed by atoms with Gasteiger partial charge in [0.2, 0.25) is 0 Å². The molecule has 4 aromatic rings. The molecular formula is C29H28F3N9O. The van der Waals surface area contributed by atoms with E-state index in [1.807, 2.05) is 25.8 Å². The zero-order valence-electron chi connectivity index (χ0n) is 23.2. The normalized spacial score (nSPS) is 18.5. The zero-order valence-corrected chi connectivity index (χ0v) is 23.2. The molecule has 2 bridgehead atoms. The minimum Gasteiger partial charge on any atom is -0.366 e. The van der Waals surface area contributed by atoms with E-state index in [0.29, 0.717) is 36.7 Å². The van der Waals surface area contributed by atoms with E-state index in [0.717, 1.165) is 35.4 Å². The Labute approximate surface area is 239 Å². The highest BCUT2D eigenvalue weighted by Gasteiger charge is 2.43. The number of halogens is 3. The molecule has 0 aliphatic carbocycles. The number of likely N-dealkylation sites (tertiary alicyclic amines) is 1. The summed E-state index contributed by atoms with van der Waals surface area (Å²) in [5.41, 5.74) is 3.71. The average Bonchev–Trinajstić information content (AvgIpc) is 3.74. The molecule has 13 heteroatoms. The maximum Gasteiger partial charge on any atom is 0.416 e. The highest BCUT2D eigenvalue weighted by Crippen LogP contribution is 2.39. The van der Waals surface area contributed by atoms with Crippen molar-refractivity contribution in [3.05, 3.63) is 71.2 Å². The minimum atomic E-state index is -4.59. The van der Waals surface area contributed by atoms with E-state index >= 15 is 0 Å². The van der Waals surface area contributed by atoms with Crippen LogP contribution in [0.5, 0.6) is 0 Å². The minimum absolute atomic E-state index is 0.0121. The molecule has 42 heavy (non-hydrogen) atoms. The second-order valence-electron chi connectivity index (χ2n) is 10.8. The predicted octanol–water partition coefficient (Wildman–Crippen LogP) is 4.34. The molecule has 2 unspecified atom stereocenters. The van der Waals surface area contributed by atoms with Crippen LogP contribution in [-0.2, 0) is 13.2 Å². The molecule has 10 nitrogen and oxygen atoms in total. The lowest BCUT2D eigenvalue weighted by Crippen LogP contribution is -2.46. The Balaban J connectivity index is 1.26. The van der Waals surface area contributed by atoms with Crippen molar-refractivity contribution in [2.45, 2.75) is 38.5 Å². The number of alkyl halides is 3. The highest BCUT2D eigenvalue weighted by atomic mass is 19.4. The molecule has 1 N–H and O–H groups in total. The maximum atomic E-state index is 13.9. The molecule has 6 rings (SSSR count). The Kier molecular flexibility index (Phi) is 6.73. The summed E-state index contributed by atoms with van der Waals surface area (Å²) in [6, 6.07) is 11.0. The van der Waals surface area contributed by atoms with Crippen molar-refractivity contribution in [3.8, 4) is 23.0 Å². The van der Waals surface area contributed by atoms with E-state index in [-0.39, 0.29) is 23.3 Å². The van der Waals surface area contributed by atoms with Gasteiger partial charge in [0.25, 0.3) is 5.91 Å². The van der Waals surface area contributed by atoms with Gasteiger partial charge in [0.15, 0.2) is 0 Å². The first-order valence-electron chi connectivity index (χ1n) is 13.5.